The number of phenolic OH excluding ortho intramolecular Hbond substituents is 1. The Morgan fingerprint density at radius 1 is 0.841 bits per heavy atom. The minimum Gasteiger partial charge on any atom is -0.508 e. The van der Waals surface area contributed by atoms with Crippen molar-refractivity contribution in [2.24, 2.45) is 4.99 Å². The number of furan rings is 1. The number of aliphatic imine (C=N–C) groups is 1. The van der Waals surface area contributed by atoms with E-state index in [1.165, 1.54) is 11.1 Å². The van der Waals surface area contributed by atoms with E-state index in [2.05, 4.69) is 55.6 Å². The Bertz CT molecular complexity index is 2040. The van der Waals surface area contributed by atoms with Crippen molar-refractivity contribution in [3.63, 3.8) is 0 Å². The highest BCUT2D eigenvalue weighted by molar-refractivity contribution is 6.09. The van der Waals surface area contributed by atoms with E-state index in [-0.39, 0.29) is 17.6 Å². The molecule has 1 aromatic heterocycles. The zero-order chi connectivity index (χ0) is 30.2. The number of rotatable bonds is 6. The maximum Gasteiger partial charge on any atom is 0.228 e. The van der Waals surface area contributed by atoms with Gasteiger partial charge in [0, 0.05) is 22.9 Å². The van der Waals surface area contributed by atoms with Crippen molar-refractivity contribution < 1.29 is 14.3 Å². The standard InChI is InChI=1S/C39H32N2O3/c1-24-17-34-35(18-25(24)2)41-33(23-32(40-34)28-9-5-3-6-10-28)31-21-27(13-15-36(31)42)19-26-14-16-37-30(20-26)22-38(44-37)39(43)29-11-7-4-8-12-29/h3-18,20-22,33,41-42H,19,23H2,1-2H3. The lowest BCUT2D eigenvalue weighted by Crippen LogP contribution is -2.15. The van der Waals surface area contributed by atoms with E-state index < -0.39 is 0 Å². The average Bonchev–Trinajstić information content (AvgIpc) is 3.38. The minimum atomic E-state index is -0.180. The van der Waals surface area contributed by atoms with E-state index in [4.69, 9.17) is 9.41 Å². The Labute approximate surface area is 256 Å². The van der Waals surface area contributed by atoms with Gasteiger partial charge in [0.2, 0.25) is 5.78 Å². The number of carbonyl (C=O) groups is 1. The topological polar surface area (TPSA) is 74.8 Å². The predicted molar refractivity (Wildman–Crippen MR) is 177 cm³/mol. The normalized spacial score (nSPS) is 14.4. The number of aryl methyl sites for hydroxylation is 2. The summed E-state index contributed by atoms with van der Waals surface area (Å²) in [6.07, 6.45) is 1.28. The molecule has 2 heterocycles. The van der Waals surface area contributed by atoms with Crippen molar-refractivity contribution in [1.29, 1.82) is 0 Å². The molecule has 2 N–H and O–H groups in total. The predicted octanol–water partition coefficient (Wildman–Crippen LogP) is 9.25. The molecule has 44 heavy (non-hydrogen) atoms. The fraction of sp³-hybridized carbons (Fsp3) is 0.128. The first kappa shape index (κ1) is 27.4. The number of aromatic hydroxyl groups is 1. The largest absolute Gasteiger partial charge is 0.508 e. The van der Waals surface area contributed by atoms with Gasteiger partial charge >= 0.3 is 0 Å². The van der Waals surface area contributed by atoms with Gasteiger partial charge in [-0.15, -0.1) is 0 Å². The molecule has 0 radical (unpaired) electrons. The first-order valence-electron chi connectivity index (χ1n) is 14.9. The van der Waals surface area contributed by atoms with E-state index in [0.717, 1.165) is 44.7 Å². The number of nitrogens with one attached hydrogen (secondary N) is 1. The van der Waals surface area contributed by atoms with Crippen molar-refractivity contribution in [1.82, 2.24) is 0 Å². The zero-order valence-electron chi connectivity index (χ0n) is 24.7. The molecule has 0 saturated heterocycles. The average molecular weight is 577 g/mol. The molecule has 1 atom stereocenters. The number of hydrogen-bond donors (Lipinski definition) is 2. The number of phenols is 1. The fourth-order valence-electron chi connectivity index (χ4n) is 5.91. The summed E-state index contributed by atoms with van der Waals surface area (Å²) in [5, 5.41) is 15.7. The van der Waals surface area contributed by atoms with E-state index in [1.807, 2.05) is 60.7 Å². The van der Waals surface area contributed by atoms with Gasteiger partial charge in [-0.3, -0.25) is 9.79 Å². The molecule has 5 nitrogen and oxygen atoms in total. The molecule has 216 valence electrons. The van der Waals surface area contributed by atoms with Gasteiger partial charge in [0.05, 0.1) is 23.1 Å². The highest BCUT2D eigenvalue weighted by Gasteiger charge is 2.24. The van der Waals surface area contributed by atoms with Gasteiger partial charge in [-0.1, -0.05) is 72.8 Å². The lowest BCUT2D eigenvalue weighted by Gasteiger charge is -2.22. The summed E-state index contributed by atoms with van der Waals surface area (Å²) in [4.78, 5) is 18.0. The van der Waals surface area contributed by atoms with Gasteiger partial charge in [-0.25, -0.2) is 0 Å². The Morgan fingerprint density at radius 3 is 2.34 bits per heavy atom. The molecule has 7 rings (SSSR count). The monoisotopic (exact) mass is 576 g/mol. The smallest absolute Gasteiger partial charge is 0.228 e. The second-order valence-corrected chi connectivity index (χ2v) is 11.5. The summed E-state index contributed by atoms with van der Waals surface area (Å²) in [5.74, 6) is 0.448. The summed E-state index contributed by atoms with van der Waals surface area (Å²) >= 11 is 0. The third-order valence-electron chi connectivity index (χ3n) is 8.42. The first-order chi connectivity index (χ1) is 21.4. The van der Waals surface area contributed by atoms with Gasteiger partial charge in [-0.05, 0) is 90.6 Å². The molecule has 0 fully saturated rings. The third-order valence-corrected chi connectivity index (χ3v) is 8.42. The molecule has 0 bridgehead atoms. The molecule has 0 saturated carbocycles. The van der Waals surface area contributed by atoms with Crippen LogP contribution in [0.4, 0.5) is 11.4 Å². The van der Waals surface area contributed by atoms with E-state index >= 15 is 0 Å². The van der Waals surface area contributed by atoms with Crippen LogP contribution in [0.25, 0.3) is 11.0 Å². The Balaban J connectivity index is 1.20. The maximum atomic E-state index is 12.9. The number of ketones is 1. The fourth-order valence-corrected chi connectivity index (χ4v) is 5.91. The third kappa shape index (κ3) is 5.40. The number of anilines is 1. The number of benzene rings is 5. The molecule has 5 aromatic carbocycles. The highest BCUT2D eigenvalue weighted by Crippen LogP contribution is 2.40. The van der Waals surface area contributed by atoms with Crippen molar-refractivity contribution in [2.75, 3.05) is 5.32 Å². The molecule has 0 aliphatic carbocycles. The number of fused-ring (bicyclic) bond motifs is 2. The lowest BCUT2D eigenvalue weighted by atomic mass is 9.93. The Morgan fingerprint density at radius 2 is 1.55 bits per heavy atom. The number of hydrogen-bond acceptors (Lipinski definition) is 5. The summed E-state index contributed by atoms with van der Waals surface area (Å²) in [6, 6.07) is 37.2. The highest BCUT2D eigenvalue weighted by atomic mass is 16.3. The molecule has 0 amide bonds. The Hall–Kier alpha value is -5.42. The first-order valence-corrected chi connectivity index (χ1v) is 14.9. The molecule has 0 spiro atoms. The van der Waals surface area contributed by atoms with Gasteiger partial charge < -0.3 is 14.8 Å². The quantitative estimate of drug-likeness (QED) is 0.194. The molecule has 1 aliphatic rings. The van der Waals surface area contributed by atoms with Crippen LogP contribution in [-0.4, -0.2) is 16.6 Å². The van der Waals surface area contributed by atoms with E-state index in [1.54, 1.807) is 18.2 Å². The van der Waals surface area contributed by atoms with Crippen molar-refractivity contribution >= 4 is 33.8 Å². The number of carbonyl (C=O) groups excluding carboxylic acids is 1. The summed E-state index contributed by atoms with van der Waals surface area (Å²) in [5.41, 5.74) is 10.6. The SMILES string of the molecule is Cc1cc2c(cc1C)NC(c1cc(Cc3ccc4oc(C(=O)c5ccccc5)cc4c3)ccc1O)CC(c1ccccc1)=N2. The minimum absolute atomic E-state index is 0.132. The van der Waals surface area contributed by atoms with Crippen molar-refractivity contribution in [2.45, 2.75) is 32.7 Å². The number of nitrogens with zero attached hydrogens (tertiary/aromatic N) is 1. The molecule has 1 unspecified atom stereocenters. The van der Waals surface area contributed by atoms with Crippen molar-refractivity contribution in [3.8, 4) is 5.75 Å². The van der Waals surface area contributed by atoms with Crippen LogP contribution in [0.3, 0.4) is 0 Å². The molecule has 6 aromatic rings. The summed E-state index contributed by atoms with van der Waals surface area (Å²) in [7, 11) is 0. The Kier molecular flexibility index (Phi) is 7.07. The lowest BCUT2D eigenvalue weighted by molar-refractivity contribution is 0.101. The van der Waals surface area contributed by atoms with Crippen LogP contribution in [0.15, 0.2) is 125 Å². The van der Waals surface area contributed by atoms with Crippen LogP contribution < -0.4 is 5.32 Å². The second-order valence-electron chi connectivity index (χ2n) is 11.5. The zero-order valence-corrected chi connectivity index (χ0v) is 24.7. The van der Waals surface area contributed by atoms with Crippen LogP contribution in [0.5, 0.6) is 5.75 Å². The van der Waals surface area contributed by atoms with E-state index in [0.29, 0.717) is 29.7 Å². The van der Waals surface area contributed by atoms with Crippen LogP contribution >= 0.6 is 0 Å². The van der Waals surface area contributed by atoms with Gasteiger partial charge in [0.25, 0.3) is 0 Å². The maximum absolute atomic E-state index is 12.9. The van der Waals surface area contributed by atoms with Gasteiger partial charge in [-0.2, -0.15) is 0 Å². The van der Waals surface area contributed by atoms with Crippen LogP contribution in [-0.2, 0) is 6.42 Å². The summed E-state index contributed by atoms with van der Waals surface area (Å²) < 4.78 is 5.90. The van der Waals surface area contributed by atoms with E-state index in [9.17, 15) is 9.90 Å². The van der Waals surface area contributed by atoms with Crippen LogP contribution in [0, 0.1) is 13.8 Å². The van der Waals surface area contributed by atoms with Crippen LogP contribution in [0.1, 0.15) is 62.0 Å². The van der Waals surface area contributed by atoms with Crippen molar-refractivity contribution in [3.05, 3.63) is 160 Å². The molecular formula is C39H32N2O3. The van der Waals surface area contributed by atoms with Crippen LogP contribution in [0.2, 0.25) is 0 Å². The molecular weight excluding hydrogens is 544 g/mol. The second kappa shape index (κ2) is 11.3. The molecule has 1 aliphatic heterocycles. The summed E-state index contributed by atoms with van der Waals surface area (Å²) in [6.45, 7) is 4.21. The van der Waals surface area contributed by atoms with Gasteiger partial charge in [0.15, 0.2) is 5.76 Å². The molecule has 5 heteroatoms. The van der Waals surface area contributed by atoms with Gasteiger partial charge in [0.1, 0.15) is 11.3 Å².